The topological polar surface area (TPSA) is 39.1 Å². The van der Waals surface area contributed by atoms with Gasteiger partial charge in [0.25, 0.3) is 0 Å². The molecule has 0 saturated heterocycles. The Kier molecular flexibility index (Phi) is 3.43. The molecule has 4 heteroatoms. The largest absolute Gasteiger partial charge is 0.385 e. The van der Waals surface area contributed by atoms with E-state index in [1.807, 2.05) is 6.92 Å². The van der Waals surface area contributed by atoms with Crippen molar-refractivity contribution < 1.29 is 4.74 Å². The number of methoxy groups -OCH3 is 1. The van der Waals surface area contributed by atoms with Crippen molar-refractivity contribution in [2.45, 2.75) is 39.7 Å². The van der Waals surface area contributed by atoms with Crippen LogP contribution in [-0.2, 0) is 4.74 Å². The van der Waals surface area contributed by atoms with Crippen molar-refractivity contribution in [3.8, 4) is 0 Å². The smallest absolute Gasteiger partial charge is 0.203 e. The lowest BCUT2D eigenvalue weighted by Crippen LogP contribution is -2.10. The monoisotopic (exact) mass is 237 g/mol. The minimum atomic E-state index is 0.427. The Morgan fingerprint density at radius 1 is 1.59 bits per heavy atom. The van der Waals surface area contributed by atoms with Crippen LogP contribution in [0.4, 0.5) is 5.95 Å². The summed E-state index contributed by atoms with van der Waals surface area (Å²) >= 11 is 0. The van der Waals surface area contributed by atoms with Gasteiger partial charge in [0, 0.05) is 32.5 Å². The predicted octanol–water partition coefficient (Wildman–Crippen LogP) is 2.61. The Bertz CT molecular complexity index is 384. The Labute approximate surface area is 103 Å². The molecule has 1 saturated carbocycles. The van der Waals surface area contributed by atoms with Crippen LogP contribution in [0.3, 0.4) is 0 Å². The van der Waals surface area contributed by atoms with Gasteiger partial charge in [0.15, 0.2) is 0 Å². The summed E-state index contributed by atoms with van der Waals surface area (Å²) < 4.78 is 7.33. The minimum absolute atomic E-state index is 0.427. The van der Waals surface area contributed by atoms with E-state index >= 15 is 0 Å². The van der Waals surface area contributed by atoms with Gasteiger partial charge in [0.2, 0.25) is 5.95 Å². The standard InChI is InChI=1S/C13H23N3O/c1-10-9-16(11-8-13(11,2)3)12(15-10)14-6-5-7-17-4/h9,11H,5-8H2,1-4H3,(H,14,15). The predicted molar refractivity (Wildman–Crippen MR) is 69.4 cm³/mol. The maximum absolute atomic E-state index is 5.04. The summed E-state index contributed by atoms with van der Waals surface area (Å²) in [7, 11) is 1.73. The maximum atomic E-state index is 5.04. The maximum Gasteiger partial charge on any atom is 0.203 e. The van der Waals surface area contributed by atoms with Gasteiger partial charge in [-0.3, -0.25) is 0 Å². The molecule has 1 aromatic rings. The highest BCUT2D eigenvalue weighted by atomic mass is 16.5. The second-order valence-corrected chi connectivity index (χ2v) is 5.59. The number of anilines is 1. The number of ether oxygens (including phenoxy) is 1. The molecule has 1 aliphatic rings. The van der Waals surface area contributed by atoms with Crippen molar-refractivity contribution in [2.24, 2.45) is 5.41 Å². The molecule has 0 radical (unpaired) electrons. The van der Waals surface area contributed by atoms with Gasteiger partial charge in [0.05, 0.1) is 5.69 Å². The van der Waals surface area contributed by atoms with E-state index < -0.39 is 0 Å². The van der Waals surface area contributed by atoms with Gasteiger partial charge in [-0.15, -0.1) is 0 Å². The average molecular weight is 237 g/mol. The van der Waals surface area contributed by atoms with Crippen LogP contribution in [0.25, 0.3) is 0 Å². The van der Waals surface area contributed by atoms with Gasteiger partial charge in [-0.2, -0.15) is 0 Å². The molecule has 17 heavy (non-hydrogen) atoms. The molecule has 1 unspecified atom stereocenters. The highest BCUT2D eigenvalue weighted by Crippen LogP contribution is 2.56. The van der Waals surface area contributed by atoms with Crippen LogP contribution in [0, 0.1) is 12.3 Å². The normalized spacial score (nSPS) is 21.5. The zero-order valence-electron chi connectivity index (χ0n) is 11.3. The first-order valence-electron chi connectivity index (χ1n) is 6.33. The first-order valence-corrected chi connectivity index (χ1v) is 6.33. The lowest BCUT2D eigenvalue weighted by atomic mass is 10.2. The Balaban J connectivity index is 1.97. The number of nitrogens with zero attached hydrogens (tertiary/aromatic N) is 2. The molecule has 2 rings (SSSR count). The van der Waals surface area contributed by atoms with E-state index in [4.69, 9.17) is 4.74 Å². The quantitative estimate of drug-likeness (QED) is 0.773. The Morgan fingerprint density at radius 3 is 2.88 bits per heavy atom. The first kappa shape index (κ1) is 12.4. The molecule has 0 amide bonds. The number of aromatic nitrogens is 2. The third-order valence-corrected chi connectivity index (χ3v) is 3.46. The molecule has 1 fully saturated rings. The molecular weight excluding hydrogens is 214 g/mol. The molecule has 0 aromatic carbocycles. The zero-order valence-corrected chi connectivity index (χ0v) is 11.3. The molecule has 1 aromatic heterocycles. The summed E-state index contributed by atoms with van der Waals surface area (Å²) in [6.07, 6.45) is 4.41. The fourth-order valence-electron chi connectivity index (χ4n) is 2.22. The first-order chi connectivity index (χ1) is 8.04. The van der Waals surface area contributed by atoms with Gasteiger partial charge in [-0.05, 0) is 25.2 Å². The second kappa shape index (κ2) is 4.69. The molecule has 1 atom stereocenters. The second-order valence-electron chi connectivity index (χ2n) is 5.59. The molecule has 0 bridgehead atoms. The third kappa shape index (κ3) is 2.80. The fourth-order valence-corrected chi connectivity index (χ4v) is 2.22. The van der Waals surface area contributed by atoms with E-state index in [0.717, 1.165) is 31.2 Å². The van der Waals surface area contributed by atoms with Crippen molar-refractivity contribution >= 4 is 5.95 Å². The molecule has 0 spiro atoms. The zero-order chi connectivity index (χ0) is 12.5. The van der Waals surface area contributed by atoms with Crippen LogP contribution in [0.15, 0.2) is 6.20 Å². The van der Waals surface area contributed by atoms with Crippen molar-refractivity contribution in [1.29, 1.82) is 0 Å². The van der Waals surface area contributed by atoms with Crippen molar-refractivity contribution in [3.63, 3.8) is 0 Å². The van der Waals surface area contributed by atoms with Gasteiger partial charge >= 0.3 is 0 Å². The van der Waals surface area contributed by atoms with Crippen LogP contribution < -0.4 is 5.32 Å². The van der Waals surface area contributed by atoms with E-state index in [2.05, 4.69) is 34.9 Å². The highest BCUT2D eigenvalue weighted by molar-refractivity contribution is 5.31. The van der Waals surface area contributed by atoms with E-state index in [9.17, 15) is 0 Å². The summed E-state index contributed by atoms with van der Waals surface area (Å²) in [5.74, 6) is 1.01. The van der Waals surface area contributed by atoms with Crippen molar-refractivity contribution in [3.05, 3.63) is 11.9 Å². The molecule has 96 valence electrons. The molecule has 4 nitrogen and oxygen atoms in total. The van der Waals surface area contributed by atoms with E-state index in [1.165, 1.54) is 6.42 Å². The molecule has 1 heterocycles. The van der Waals surface area contributed by atoms with Crippen LogP contribution in [0.1, 0.15) is 38.4 Å². The van der Waals surface area contributed by atoms with E-state index in [1.54, 1.807) is 7.11 Å². The summed E-state index contributed by atoms with van der Waals surface area (Å²) in [6, 6.07) is 0.605. The molecule has 0 aliphatic heterocycles. The average Bonchev–Trinajstić information content (AvgIpc) is 2.72. The number of hydrogen-bond donors (Lipinski definition) is 1. The van der Waals surface area contributed by atoms with Gasteiger partial charge in [-0.1, -0.05) is 13.8 Å². The lowest BCUT2D eigenvalue weighted by Gasteiger charge is -2.11. The molecule has 1 N–H and O–H groups in total. The molecular formula is C13H23N3O. The summed E-state index contributed by atoms with van der Waals surface area (Å²) in [6.45, 7) is 8.37. The highest BCUT2D eigenvalue weighted by Gasteiger charge is 2.47. The van der Waals surface area contributed by atoms with Gasteiger partial charge in [0.1, 0.15) is 0 Å². The number of imidazole rings is 1. The van der Waals surface area contributed by atoms with Gasteiger partial charge in [-0.25, -0.2) is 4.98 Å². The van der Waals surface area contributed by atoms with Crippen LogP contribution in [-0.4, -0.2) is 29.8 Å². The fraction of sp³-hybridized carbons (Fsp3) is 0.769. The van der Waals surface area contributed by atoms with Crippen molar-refractivity contribution in [2.75, 3.05) is 25.6 Å². The number of nitrogens with one attached hydrogen (secondary N) is 1. The summed E-state index contributed by atoms with van der Waals surface area (Å²) in [5.41, 5.74) is 1.51. The number of hydrogen-bond acceptors (Lipinski definition) is 3. The van der Waals surface area contributed by atoms with E-state index in [-0.39, 0.29) is 0 Å². The van der Waals surface area contributed by atoms with Crippen LogP contribution in [0.2, 0.25) is 0 Å². The Morgan fingerprint density at radius 2 is 2.29 bits per heavy atom. The van der Waals surface area contributed by atoms with E-state index in [0.29, 0.717) is 11.5 Å². The number of rotatable bonds is 6. The Hall–Kier alpha value is -1.03. The van der Waals surface area contributed by atoms with Gasteiger partial charge < -0.3 is 14.6 Å². The minimum Gasteiger partial charge on any atom is -0.385 e. The van der Waals surface area contributed by atoms with Crippen LogP contribution >= 0.6 is 0 Å². The summed E-state index contributed by atoms with van der Waals surface area (Å²) in [5, 5.41) is 3.40. The van der Waals surface area contributed by atoms with Crippen LogP contribution in [0.5, 0.6) is 0 Å². The third-order valence-electron chi connectivity index (χ3n) is 3.46. The van der Waals surface area contributed by atoms with Crippen molar-refractivity contribution in [1.82, 2.24) is 9.55 Å². The lowest BCUT2D eigenvalue weighted by molar-refractivity contribution is 0.197. The summed E-state index contributed by atoms with van der Waals surface area (Å²) in [4.78, 5) is 4.55. The molecule has 1 aliphatic carbocycles. The SMILES string of the molecule is COCCCNc1nc(C)cn1C1CC1(C)C. The number of aryl methyl sites for hydroxylation is 1.